The summed E-state index contributed by atoms with van der Waals surface area (Å²) < 4.78 is 56.9. The predicted octanol–water partition coefficient (Wildman–Crippen LogP) is -1.36. The third-order valence-corrected chi connectivity index (χ3v) is 4.50. The van der Waals surface area contributed by atoms with Crippen LogP contribution in [0.25, 0.3) is 0 Å². The number of rotatable bonds is 2. The molecule has 0 aromatic rings. The Morgan fingerprint density at radius 1 is 0.900 bits per heavy atom. The van der Waals surface area contributed by atoms with Crippen LogP contribution >= 0.6 is 9.83 Å². The number of hydrogen-bond donors (Lipinski definition) is 0. The van der Waals surface area contributed by atoms with E-state index < -0.39 is 28.1 Å². The minimum absolute atomic E-state index is 0. The van der Waals surface area contributed by atoms with Crippen LogP contribution in [-0.2, 0) is 40.7 Å². The van der Waals surface area contributed by atoms with Crippen LogP contribution in [0.2, 0.25) is 0 Å². The molecule has 0 atom stereocenters. The first-order valence-electron chi connectivity index (χ1n) is 1.33. The van der Waals surface area contributed by atoms with Gasteiger partial charge in [0.2, 0.25) is 0 Å². The molecule has 0 N–H and O–H groups in total. The quantitative estimate of drug-likeness (QED) is 0.351. The first kappa shape index (κ1) is 13.5. The summed E-state index contributed by atoms with van der Waals surface area (Å²) in [7, 11) is -11.2. The van der Waals surface area contributed by atoms with Gasteiger partial charge >= 0.3 is 0 Å². The van der Waals surface area contributed by atoms with Crippen LogP contribution in [0.4, 0.5) is 0 Å². The van der Waals surface area contributed by atoms with E-state index in [0.29, 0.717) is 0 Å². The molecule has 0 rings (SSSR count). The molecule has 67 valence electrons. The molecule has 0 spiro atoms. The smallest absolute Gasteiger partial charge is 0.162 e. The summed E-state index contributed by atoms with van der Waals surface area (Å²) in [5.74, 6) is 0. The minimum Gasteiger partial charge on any atom is -0.739 e. The SMILES string of the molecule is O=S(=O)([O-])SS(=O)(=O)[O-].[Ag]. The van der Waals surface area contributed by atoms with Gasteiger partial charge in [0.05, 0.1) is 9.83 Å². The van der Waals surface area contributed by atoms with Crippen LogP contribution in [0.15, 0.2) is 0 Å². The molecule has 0 heterocycles. The summed E-state index contributed by atoms with van der Waals surface area (Å²) in [5, 5.41) is 0. The Kier molecular flexibility index (Phi) is 5.49. The van der Waals surface area contributed by atoms with Crippen LogP contribution in [0, 0.1) is 0 Å². The van der Waals surface area contributed by atoms with E-state index in [-0.39, 0.29) is 22.4 Å². The van der Waals surface area contributed by atoms with E-state index in [1.165, 1.54) is 0 Å². The van der Waals surface area contributed by atoms with Crippen molar-refractivity contribution in [3.05, 3.63) is 0 Å². The van der Waals surface area contributed by atoms with Gasteiger partial charge in [0.15, 0.2) is 18.3 Å². The first-order chi connectivity index (χ1) is 3.71. The van der Waals surface area contributed by atoms with Gasteiger partial charge in [0.25, 0.3) is 0 Å². The van der Waals surface area contributed by atoms with Crippen molar-refractivity contribution in [2.24, 2.45) is 0 Å². The van der Waals surface area contributed by atoms with Crippen molar-refractivity contribution in [2.45, 2.75) is 0 Å². The van der Waals surface area contributed by atoms with Crippen molar-refractivity contribution >= 4 is 28.1 Å². The van der Waals surface area contributed by atoms with Crippen molar-refractivity contribution < 1.29 is 48.3 Å². The Labute approximate surface area is 76.2 Å². The van der Waals surface area contributed by atoms with E-state index in [1.54, 1.807) is 0 Å². The van der Waals surface area contributed by atoms with E-state index in [4.69, 9.17) is 0 Å². The molecule has 0 aromatic carbocycles. The zero-order valence-electron chi connectivity index (χ0n) is 3.98. The molecule has 0 aliphatic rings. The van der Waals surface area contributed by atoms with Crippen LogP contribution in [0.3, 0.4) is 0 Å². The van der Waals surface area contributed by atoms with Gasteiger partial charge in [-0.25, -0.2) is 16.8 Å². The fourth-order valence-corrected chi connectivity index (χ4v) is 2.76. The van der Waals surface area contributed by atoms with Crippen LogP contribution < -0.4 is 0 Å². The van der Waals surface area contributed by atoms with Crippen molar-refractivity contribution in [2.75, 3.05) is 0 Å². The number of hydrogen-bond acceptors (Lipinski definition) is 7. The molecule has 10 heavy (non-hydrogen) atoms. The van der Waals surface area contributed by atoms with Gasteiger partial charge in [-0.05, 0) is 0 Å². The summed E-state index contributed by atoms with van der Waals surface area (Å²) in [6.07, 6.45) is 0. The molecule has 0 fully saturated rings. The Morgan fingerprint density at radius 3 is 1.10 bits per heavy atom. The summed E-state index contributed by atoms with van der Waals surface area (Å²) >= 11 is 0. The Balaban J connectivity index is 0. The second-order valence-electron chi connectivity index (χ2n) is 0.885. The molecule has 0 aliphatic carbocycles. The van der Waals surface area contributed by atoms with E-state index in [9.17, 15) is 25.9 Å². The van der Waals surface area contributed by atoms with Crippen molar-refractivity contribution in [3.8, 4) is 0 Å². The molecule has 1 radical (unpaired) electrons. The van der Waals surface area contributed by atoms with Gasteiger partial charge in [-0.3, -0.25) is 0 Å². The fraction of sp³-hybridized carbons (Fsp3) is 0. The molecular weight excluding hydrogens is 300 g/mol. The van der Waals surface area contributed by atoms with E-state index >= 15 is 0 Å². The molecule has 0 amide bonds. The summed E-state index contributed by atoms with van der Waals surface area (Å²) in [6, 6.07) is 0. The molecule has 0 saturated carbocycles. The van der Waals surface area contributed by atoms with Crippen LogP contribution in [0.1, 0.15) is 0 Å². The zero-order valence-corrected chi connectivity index (χ0v) is 7.91. The molecule has 0 saturated heterocycles. The van der Waals surface area contributed by atoms with Gasteiger partial charge in [0, 0.05) is 22.4 Å². The van der Waals surface area contributed by atoms with Gasteiger partial charge in [-0.1, -0.05) is 0 Å². The second-order valence-corrected chi connectivity index (χ2v) is 6.74. The Hall–Kier alpha value is 0.910. The molecule has 10 heteroatoms. The molecule has 6 nitrogen and oxygen atoms in total. The minimum atomic E-state index is -5.02. The van der Waals surface area contributed by atoms with Crippen molar-refractivity contribution in [1.29, 1.82) is 0 Å². The normalized spacial score (nSPS) is 12.2. The average molecular weight is 300 g/mol. The third-order valence-electron chi connectivity index (χ3n) is 0.167. The standard InChI is InChI=1S/Ag.H2O6S3/c;1-8(2,3)7-9(4,5)6/h;(H,1,2,3)(H,4,5,6)/p-2. The molecular formula is AgO6S3-2. The second kappa shape index (κ2) is 4.07. The van der Waals surface area contributed by atoms with Crippen LogP contribution in [0.5, 0.6) is 0 Å². The largest absolute Gasteiger partial charge is 0.739 e. The molecule has 0 aromatic heterocycles. The molecule has 0 aliphatic heterocycles. The first-order valence-corrected chi connectivity index (χ1v) is 6.00. The molecule has 0 bridgehead atoms. The zero-order chi connectivity index (χ0) is 7.71. The van der Waals surface area contributed by atoms with E-state index in [1.807, 2.05) is 0 Å². The predicted molar refractivity (Wildman–Crippen MR) is 27.0 cm³/mol. The summed E-state index contributed by atoms with van der Waals surface area (Å²) in [6.45, 7) is 0. The van der Waals surface area contributed by atoms with Gasteiger partial charge in [0.1, 0.15) is 0 Å². The maximum Gasteiger partial charge on any atom is 0.162 e. The third kappa shape index (κ3) is 11.7. The fourth-order valence-electron chi connectivity index (χ4n) is 0.102. The monoisotopic (exact) mass is 299 g/mol. The van der Waals surface area contributed by atoms with Crippen molar-refractivity contribution in [1.82, 2.24) is 0 Å². The molecule has 0 unspecified atom stereocenters. The maximum absolute atomic E-state index is 9.48. The van der Waals surface area contributed by atoms with E-state index in [2.05, 4.69) is 0 Å². The van der Waals surface area contributed by atoms with Gasteiger partial charge in [-0.15, -0.1) is 0 Å². The topological polar surface area (TPSA) is 114 Å². The average Bonchev–Trinajstić information content (AvgIpc) is 1.14. The van der Waals surface area contributed by atoms with Crippen LogP contribution in [-0.4, -0.2) is 25.9 Å². The summed E-state index contributed by atoms with van der Waals surface area (Å²) in [5.41, 5.74) is 0. The van der Waals surface area contributed by atoms with Gasteiger partial charge in [-0.2, -0.15) is 0 Å². The van der Waals surface area contributed by atoms with E-state index in [0.717, 1.165) is 0 Å². The van der Waals surface area contributed by atoms with Gasteiger partial charge < -0.3 is 9.11 Å². The maximum atomic E-state index is 9.48. The van der Waals surface area contributed by atoms with Crippen molar-refractivity contribution in [3.63, 3.8) is 0 Å². The summed E-state index contributed by atoms with van der Waals surface area (Å²) in [4.78, 5) is 0. The Bertz CT molecular complexity index is 238. The Morgan fingerprint density at radius 2 is 1.10 bits per heavy atom.